The van der Waals surface area contributed by atoms with Crippen molar-refractivity contribution in [3.8, 4) is 5.75 Å². The zero-order valence-corrected chi connectivity index (χ0v) is 9.73. The summed E-state index contributed by atoms with van der Waals surface area (Å²) in [6.07, 6.45) is 1.68. The van der Waals surface area contributed by atoms with Gasteiger partial charge < -0.3 is 4.74 Å². The van der Waals surface area contributed by atoms with Crippen LogP contribution in [0, 0.1) is 5.92 Å². The van der Waals surface area contributed by atoms with Crippen LogP contribution in [-0.4, -0.2) is 19.2 Å². The highest BCUT2D eigenvalue weighted by Crippen LogP contribution is 2.10. The van der Waals surface area contributed by atoms with Crippen molar-refractivity contribution < 1.29 is 9.53 Å². The Balaban J connectivity index is 2.59. The van der Waals surface area contributed by atoms with Gasteiger partial charge in [-0.05, 0) is 30.2 Å². The maximum absolute atomic E-state index is 11.6. The number of hydrazone groups is 1. The van der Waals surface area contributed by atoms with Crippen LogP contribution in [-0.2, 0) is 0 Å². The molecule has 1 amide bonds. The molecule has 0 fully saturated rings. The number of ether oxygens (including phenoxy) is 1. The molecule has 1 aromatic rings. The van der Waals surface area contributed by atoms with Crippen molar-refractivity contribution in [3.05, 3.63) is 29.8 Å². The fourth-order valence-corrected chi connectivity index (χ4v) is 1.05. The Morgan fingerprint density at radius 2 is 2.00 bits per heavy atom. The third-order valence-corrected chi connectivity index (χ3v) is 1.89. The van der Waals surface area contributed by atoms with Crippen LogP contribution >= 0.6 is 0 Å². The highest BCUT2D eigenvalue weighted by atomic mass is 16.5. The number of nitrogens with zero attached hydrogens (tertiary/aromatic N) is 1. The quantitative estimate of drug-likeness (QED) is 0.623. The number of rotatable bonds is 4. The molecule has 0 aliphatic carbocycles. The summed E-state index contributed by atoms with van der Waals surface area (Å²) in [5.41, 5.74) is 3.01. The number of carbonyl (C=O) groups excluding carboxylic acids is 1. The van der Waals surface area contributed by atoms with E-state index in [0.717, 1.165) is 5.75 Å². The smallest absolute Gasteiger partial charge is 0.271 e. The van der Waals surface area contributed by atoms with Crippen LogP contribution in [0.3, 0.4) is 0 Å². The van der Waals surface area contributed by atoms with Gasteiger partial charge in [-0.15, -0.1) is 0 Å². The molecule has 1 N–H and O–H groups in total. The maximum Gasteiger partial charge on any atom is 0.271 e. The lowest BCUT2D eigenvalue weighted by Gasteiger charge is -2.02. The Morgan fingerprint density at radius 3 is 2.50 bits per heavy atom. The summed E-state index contributed by atoms with van der Waals surface area (Å²) in [7, 11) is 1.59. The van der Waals surface area contributed by atoms with Crippen molar-refractivity contribution in [2.24, 2.45) is 11.0 Å². The second kappa shape index (κ2) is 5.90. The van der Waals surface area contributed by atoms with Gasteiger partial charge in [-0.2, -0.15) is 5.10 Å². The Hall–Kier alpha value is -1.84. The SMILES string of the molecule is COc1ccc(C(=O)N/N=C/C(C)C)cc1. The number of hydrogen-bond donors (Lipinski definition) is 1. The predicted molar refractivity (Wildman–Crippen MR) is 63.8 cm³/mol. The molecule has 0 heterocycles. The maximum atomic E-state index is 11.6. The predicted octanol–water partition coefficient (Wildman–Crippen LogP) is 2.07. The van der Waals surface area contributed by atoms with Crippen LogP contribution in [0.4, 0.5) is 0 Å². The van der Waals surface area contributed by atoms with E-state index in [9.17, 15) is 4.79 Å². The van der Waals surface area contributed by atoms with Gasteiger partial charge in [0.2, 0.25) is 0 Å². The molecule has 1 aromatic carbocycles. The standard InChI is InChI=1S/C12H16N2O2/c1-9(2)8-13-14-12(15)10-4-6-11(16-3)7-5-10/h4-9H,1-3H3,(H,14,15)/b13-8+. The minimum Gasteiger partial charge on any atom is -0.497 e. The first kappa shape index (κ1) is 12.2. The molecule has 4 nitrogen and oxygen atoms in total. The van der Waals surface area contributed by atoms with E-state index in [-0.39, 0.29) is 5.91 Å². The molecule has 0 spiro atoms. The van der Waals surface area contributed by atoms with Gasteiger partial charge in [0.25, 0.3) is 5.91 Å². The van der Waals surface area contributed by atoms with Crippen LogP contribution in [0.2, 0.25) is 0 Å². The largest absolute Gasteiger partial charge is 0.497 e. The zero-order chi connectivity index (χ0) is 12.0. The number of carbonyl (C=O) groups is 1. The monoisotopic (exact) mass is 220 g/mol. The third kappa shape index (κ3) is 3.73. The number of methoxy groups -OCH3 is 1. The van der Waals surface area contributed by atoms with Gasteiger partial charge in [-0.1, -0.05) is 13.8 Å². The minimum absolute atomic E-state index is 0.223. The third-order valence-electron chi connectivity index (χ3n) is 1.89. The second-order valence-electron chi connectivity index (χ2n) is 3.69. The number of benzene rings is 1. The lowest BCUT2D eigenvalue weighted by molar-refractivity contribution is 0.0955. The Labute approximate surface area is 95.3 Å². The molecular formula is C12H16N2O2. The van der Waals surface area contributed by atoms with Gasteiger partial charge in [-0.3, -0.25) is 4.79 Å². The molecule has 0 aliphatic heterocycles. The molecule has 0 saturated heterocycles. The molecule has 0 aromatic heterocycles. The van der Waals surface area contributed by atoms with Crippen molar-refractivity contribution in [2.75, 3.05) is 7.11 Å². The van der Waals surface area contributed by atoms with Gasteiger partial charge in [0.15, 0.2) is 0 Å². The normalized spacial score (nSPS) is 10.8. The zero-order valence-electron chi connectivity index (χ0n) is 9.73. The lowest BCUT2D eigenvalue weighted by Crippen LogP contribution is -2.17. The second-order valence-corrected chi connectivity index (χ2v) is 3.69. The van der Waals surface area contributed by atoms with Crippen LogP contribution in [0.25, 0.3) is 0 Å². The molecule has 0 aliphatic rings. The van der Waals surface area contributed by atoms with Gasteiger partial charge in [0, 0.05) is 11.8 Å². The van der Waals surface area contributed by atoms with Gasteiger partial charge in [-0.25, -0.2) is 5.43 Å². The van der Waals surface area contributed by atoms with Crippen molar-refractivity contribution in [2.45, 2.75) is 13.8 Å². The first-order valence-corrected chi connectivity index (χ1v) is 5.11. The Kier molecular flexibility index (Phi) is 4.51. The Bertz CT molecular complexity index is 369. The topological polar surface area (TPSA) is 50.7 Å². The number of hydrogen-bond acceptors (Lipinski definition) is 3. The summed E-state index contributed by atoms with van der Waals surface area (Å²) < 4.78 is 5.00. The van der Waals surface area contributed by atoms with Gasteiger partial charge in [0.05, 0.1) is 7.11 Å². The van der Waals surface area contributed by atoms with Crippen LogP contribution in [0.1, 0.15) is 24.2 Å². The molecule has 1 rings (SSSR count). The van der Waals surface area contributed by atoms with E-state index in [2.05, 4.69) is 10.5 Å². The van der Waals surface area contributed by atoms with Crippen LogP contribution in [0.5, 0.6) is 5.75 Å². The molecule has 0 saturated carbocycles. The van der Waals surface area contributed by atoms with E-state index < -0.39 is 0 Å². The molecule has 0 radical (unpaired) electrons. The summed E-state index contributed by atoms with van der Waals surface area (Å²) in [6, 6.07) is 6.86. The van der Waals surface area contributed by atoms with Crippen LogP contribution in [0.15, 0.2) is 29.4 Å². The van der Waals surface area contributed by atoms with E-state index in [0.29, 0.717) is 11.5 Å². The van der Waals surface area contributed by atoms with E-state index >= 15 is 0 Å². The molecule has 0 bridgehead atoms. The highest BCUT2D eigenvalue weighted by molar-refractivity contribution is 5.94. The fraction of sp³-hybridized carbons (Fsp3) is 0.333. The van der Waals surface area contributed by atoms with Crippen molar-refractivity contribution in [1.82, 2.24) is 5.43 Å². The summed E-state index contributed by atoms with van der Waals surface area (Å²) in [6.45, 7) is 3.98. The van der Waals surface area contributed by atoms with E-state index in [4.69, 9.17) is 4.74 Å². The first-order chi connectivity index (χ1) is 7.63. The average Bonchev–Trinajstić information content (AvgIpc) is 2.28. The summed E-state index contributed by atoms with van der Waals surface area (Å²) in [5.74, 6) is 0.818. The summed E-state index contributed by atoms with van der Waals surface area (Å²) in [5, 5.41) is 3.83. The van der Waals surface area contributed by atoms with Gasteiger partial charge in [0.1, 0.15) is 5.75 Å². The molecule has 16 heavy (non-hydrogen) atoms. The van der Waals surface area contributed by atoms with Crippen molar-refractivity contribution in [1.29, 1.82) is 0 Å². The summed E-state index contributed by atoms with van der Waals surface area (Å²) >= 11 is 0. The Morgan fingerprint density at radius 1 is 1.38 bits per heavy atom. The molecule has 0 unspecified atom stereocenters. The minimum atomic E-state index is -0.223. The fourth-order valence-electron chi connectivity index (χ4n) is 1.05. The van der Waals surface area contributed by atoms with Crippen LogP contribution < -0.4 is 10.2 Å². The summed E-state index contributed by atoms with van der Waals surface area (Å²) in [4.78, 5) is 11.6. The van der Waals surface area contributed by atoms with E-state index in [1.807, 2.05) is 13.8 Å². The lowest BCUT2D eigenvalue weighted by atomic mass is 10.2. The number of amides is 1. The molecular weight excluding hydrogens is 204 g/mol. The van der Waals surface area contributed by atoms with Crippen molar-refractivity contribution in [3.63, 3.8) is 0 Å². The molecule has 0 atom stereocenters. The highest BCUT2D eigenvalue weighted by Gasteiger charge is 2.03. The molecule has 4 heteroatoms. The number of nitrogens with one attached hydrogen (secondary N) is 1. The van der Waals surface area contributed by atoms with Crippen molar-refractivity contribution >= 4 is 12.1 Å². The van der Waals surface area contributed by atoms with Gasteiger partial charge >= 0.3 is 0 Å². The molecule has 86 valence electrons. The van der Waals surface area contributed by atoms with E-state index in [1.54, 1.807) is 37.6 Å². The average molecular weight is 220 g/mol. The first-order valence-electron chi connectivity index (χ1n) is 5.11. The van der Waals surface area contributed by atoms with E-state index in [1.165, 1.54) is 0 Å².